The van der Waals surface area contributed by atoms with Crippen molar-refractivity contribution in [3.05, 3.63) is 40.6 Å². The summed E-state index contributed by atoms with van der Waals surface area (Å²) in [7, 11) is 0. The zero-order valence-corrected chi connectivity index (χ0v) is 6.73. The van der Waals surface area contributed by atoms with Crippen LogP contribution in [-0.2, 0) is 0 Å². The summed E-state index contributed by atoms with van der Waals surface area (Å²) in [5, 5.41) is 17.1. The first-order valence-corrected chi connectivity index (χ1v) is 3.45. The second-order valence-corrected chi connectivity index (χ2v) is 2.33. The number of nitrogens with one attached hydrogen (secondary N) is 1. The zero-order valence-electron chi connectivity index (χ0n) is 6.73. The second-order valence-electron chi connectivity index (χ2n) is 2.33. The topological polar surface area (TPSA) is 79.9 Å². The molecule has 0 aromatic carbocycles. The fourth-order valence-corrected chi connectivity index (χ4v) is 0.767. The van der Waals surface area contributed by atoms with E-state index in [1.54, 1.807) is 0 Å². The molecule has 0 atom stereocenters. The van der Waals surface area contributed by atoms with E-state index < -0.39 is 4.92 Å². The average molecular weight is 177 g/mol. The first-order valence-electron chi connectivity index (χ1n) is 3.45. The van der Waals surface area contributed by atoms with E-state index in [4.69, 9.17) is 5.41 Å². The summed E-state index contributed by atoms with van der Waals surface area (Å²) in [6.45, 7) is 3.57. The number of pyridine rings is 1. The Morgan fingerprint density at radius 1 is 1.69 bits per heavy atom. The molecule has 0 unspecified atom stereocenters. The quantitative estimate of drug-likeness (QED) is 0.433. The molecule has 13 heavy (non-hydrogen) atoms. The number of hydrogen-bond donors (Lipinski definition) is 1. The van der Waals surface area contributed by atoms with Gasteiger partial charge in [0, 0.05) is 17.8 Å². The summed E-state index contributed by atoms with van der Waals surface area (Å²) >= 11 is 0. The molecule has 0 amide bonds. The van der Waals surface area contributed by atoms with Gasteiger partial charge >= 0.3 is 5.82 Å². The Bertz CT molecular complexity index is 356. The van der Waals surface area contributed by atoms with Crippen molar-refractivity contribution in [3.63, 3.8) is 0 Å². The molecule has 1 aromatic rings. The van der Waals surface area contributed by atoms with E-state index in [0.717, 1.165) is 6.21 Å². The summed E-state index contributed by atoms with van der Waals surface area (Å²) in [5.41, 5.74) is 1.09. The predicted molar refractivity (Wildman–Crippen MR) is 48.7 cm³/mol. The van der Waals surface area contributed by atoms with Crippen molar-refractivity contribution in [2.24, 2.45) is 0 Å². The molecule has 0 aliphatic rings. The highest BCUT2D eigenvalue weighted by Gasteiger charge is 2.06. The number of aromatic nitrogens is 1. The summed E-state index contributed by atoms with van der Waals surface area (Å²) in [6.07, 6.45) is 2.40. The largest absolute Gasteiger partial charge is 0.363 e. The lowest BCUT2D eigenvalue weighted by Gasteiger charge is -1.95. The van der Waals surface area contributed by atoms with Gasteiger partial charge in [0.1, 0.15) is 6.20 Å². The summed E-state index contributed by atoms with van der Waals surface area (Å²) in [4.78, 5) is 13.2. The van der Waals surface area contributed by atoms with E-state index in [2.05, 4.69) is 11.6 Å². The molecule has 0 bridgehead atoms. The Hall–Kier alpha value is -2.04. The molecule has 0 spiro atoms. The molecule has 1 rings (SSSR count). The SMILES string of the molecule is C=C(C=N)c1ccc([N+](=O)[O-])nc1. The minimum Gasteiger partial charge on any atom is -0.358 e. The van der Waals surface area contributed by atoms with Crippen molar-refractivity contribution in [2.45, 2.75) is 0 Å². The van der Waals surface area contributed by atoms with Crippen LogP contribution in [0.25, 0.3) is 5.57 Å². The van der Waals surface area contributed by atoms with Crippen molar-refractivity contribution >= 4 is 17.6 Å². The molecule has 1 aromatic heterocycles. The first kappa shape index (κ1) is 9.05. The number of hydrogen-bond acceptors (Lipinski definition) is 4. The van der Waals surface area contributed by atoms with Gasteiger partial charge in [-0.2, -0.15) is 0 Å². The van der Waals surface area contributed by atoms with Crippen LogP contribution in [0.2, 0.25) is 0 Å². The lowest BCUT2D eigenvalue weighted by Crippen LogP contribution is -1.92. The Kier molecular flexibility index (Phi) is 2.49. The van der Waals surface area contributed by atoms with E-state index in [-0.39, 0.29) is 5.82 Å². The van der Waals surface area contributed by atoms with Crippen LogP contribution in [0, 0.1) is 15.5 Å². The van der Waals surface area contributed by atoms with Gasteiger partial charge in [-0.25, -0.2) is 0 Å². The molecule has 0 fully saturated rings. The molecule has 0 radical (unpaired) electrons. The maximum absolute atomic E-state index is 10.2. The minimum atomic E-state index is -0.572. The summed E-state index contributed by atoms with van der Waals surface area (Å²) < 4.78 is 0. The molecule has 0 saturated carbocycles. The van der Waals surface area contributed by atoms with Gasteiger partial charge in [0.05, 0.1) is 0 Å². The monoisotopic (exact) mass is 177 g/mol. The summed E-state index contributed by atoms with van der Waals surface area (Å²) in [5.74, 6) is -0.207. The van der Waals surface area contributed by atoms with Crippen LogP contribution in [-0.4, -0.2) is 16.1 Å². The fourth-order valence-electron chi connectivity index (χ4n) is 0.767. The molecule has 66 valence electrons. The molecule has 1 heterocycles. The van der Waals surface area contributed by atoms with Gasteiger partial charge in [-0.15, -0.1) is 0 Å². The van der Waals surface area contributed by atoms with Crippen LogP contribution in [0.3, 0.4) is 0 Å². The number of nitrogens with zero attached hydrogens (tertiary/aromatic N) is 2. The number of nitro groups is 1. The standard InChI is InChI=1S/C8H7N3O2/c1-6(4-9)7-2-3-8(10-5-7)11(12)13/h2-5,9H,1H2. The minimum absolute atomic E-state index is 0.207. The summed E-state index contributed by atoms with van der Waals surface area (Å²) in [6, 6.07) is 2.79. The smallest absolute Gasteiger partial charge is 0.358 e. The van der Waals surface area contributed by atoms with Crippen LogP contribution in [0.15, 0.2) is 24.9 Å². The van der Waals surface area contributed by atoms with E-state index >= 15 is 0 Å². The van der Waals surface area contributed by atoms with Crippen molar-refractivity contribution < 1.29 is 4.92 Å². The molecule has 1 N–H and O–H groups in total. The van der Waals surface area contributed by atoms with Crippen LogP contribution in [0.4, 0.5) is 5.82 Å². The van der Waals surface area contributed by atoms with Gasteiger partial charge in [0.25, 0.3) is 0 Å². The van der Waals surface area contributed by atoms with Gasteiger partial charge < -0.3 is 15.5 Å². The molecule has 0 aliphatic carbocycles. The first-order chi connectivity index (χ1) is 6.15. The van der Waals surface area contributed by atoms with Gasteiger partial charge in [-0.3, -0.25) is 0 Å². The van der Waals surface area contributed by atoms with E-state index in [0.29, 0.717) is 11.1 Å². The highest BCUT2D eigenvalue weighted by Crippen LogP contribution is 2.12. The Balaban J connectivity index is 3.00. The third kappa shape index (κ3) is 1.96. The average Bonchev–Trinajstić information content (AvgIpc) is 2.17. The fraction of sp³-hybridized carbons (Fsp3) is 0. The normalized spacial score (nSPS) is 9.23. The zero-order chi connectivity index (χ0) is 9.84. The van der Waals surface area contributed by atoms with E-state index in [9.17, 15) is 10.1 Å². The van der Waals surface area contributed by atoms with Crippen LogP contribution in [0.1, 0.15) is 5.56 Å². The Morgan fingerprint density at radius 3 is 2.77 bits per heavy atom. The number of rotatable bonds is 3. The van der Waals surface area contributed by atoms with Crippen molar-refractivity contribution in [2.75, 3.05) is 0 Å². The van der Waals surface area contributed by atoms with Gasteiger partial charge in [0.2, 0.25) is 0 Å². The van der Waals surface area contributed by atoms with Crippen LogP contribution >= 0.6 is 0 Å². The van der Waals surface area contributed by atoms with E-state index in [1.807, 2.05) is 0 Å². The molecular weight excluding hydrogens is 170 g/mol. The molecule has 0 aliphatic heterocycles. The van der Waals surface area contributed by atoms with Gasteiger partial charge in [-0.1, -0.05) is 6.58 Å². The molecule has 0 saturated heterocycles. The highest BCUT2D eigenvalue weighted by molar-refractivity contribution is 6.07. The molecular formula is C8H7N3O2. The van der Waals surface area contributed by atoms with Crippen molar-refractivity contribution in [3.8, 4) is 0 Å². The maximum Gasteiger partial charge on any atom is 0.363 e. The second kappa shape index (κ2) is 3.57. The van der Waals surface area contributed by atoms with Crippen LogP contribution < -0.4 is 0 Å². The maximum atomic E-state index is 10.2. The lowest BCUT2D eigenvalue weighted by atomic mass is 10.1. The Labute approximate surface area is 74.4 Å². The van der Waals surface area contributed by atoms with Gasteiger partial charge in [0.15, 0.2) is 0 Å². The Morgan fingerprint density at radius 2 is 2.38 bits per heavy atom. The number of allylic oxidation sites excluding steroid dienone is 1. The molecule has 5 heteroatoms. The predicted octanol–water partition coefficient (Wildman–Crippen LogP) is 1.65. The third-order valence-electron chi connectivity index (χ3n) is 1.48. The van der Waals surface area contributed by atoms with Crippen LogP contribution in [0.5, 0.6) is 0 Å². The highest BCUT2D eigenvalue weighted by atomic mass is 16.6. The van der Waals surface area contributed by atoms with Crippen molar-refractivity contribution in [1.29, 1.82) is 5.41 Å². The third-order valence-corrected chi connectivity index (χ3v) is 1.48. The van der Waals surface area contributed by atoms with Crippen molar-refractivity contribution in [1.82, 2.24) is 4.98 Å². The van der Waals surface area contributed by atoms with E-state index in [1.165, 1.54) is 18.3 Å². The lowest BCUT2D eigenvalue weighted by molar-refractivity contribution is -0.389. The molecule has 5 nitrogen and oxygen atoms in total. The van der Waals surface area contributed by atoms with Gasteiger partial charge in [-0.05, 0) is 21.5 Å².